The molecule has 0 saturated heterocycles. The van der Waals surface area contributed by atoms with E-state index >= 15 is 0 Å². The van der Waals surface area contributed by atoms with Crippen LogP contribution in [-0.4, -0.2) is 21.7 Å². The first kappa shape index (κ1) is 18.9. The summed E-state index contributed by atoms with van der Waals surface area (Å²) in [4.78, 5) is 32.1. The van der Waals surface area contributed by atoms with Crippen LogP contribution in [-0.2, 0) is 11.2 Å². The lowest BCUT2D eigenvalue weighted by Gasteiger charge is -2.35. The van der Waals surface area contributed by atoms with Gasteiger partial charge in [-0.3, -0.25) is 14.6 Å². The number of fused-ring (bicyclic) bond motifs is 1. The molecule has 146 valence electrons. The molecule has 5 heteroatoms. The Labute approximate surface area is 170 Å². The van der Waals surface area contributed by atoms with E-state index in [1.165, 1.54) is 11.1 Å². The number of hydrogen-bond acceptors (Lipinski definition) is 3. The molecule has 0 unspecified atom stereocenters. The molecule has 1 aromatic heterocycles. The first-order valence-electron chi connectivity index (χ1n) is 9.73. The zero-order chi connectivity index (χ0) is 20.4. The summed E-state index contributed by atoms with van der Waals surface area (Å²) in [6.07, 6.45) is 4.86. The van der Waals surface area contributed by atoms with Crippen molar-refractivity contribution in [1.82, 2.24) is 9.88 Å². The van der Waals surface area contributed by atoms with Crippen molar-refractivity contribution in [3.63, 3.8) is 0 Å². The fourth-order valence-electron chi connectivity index (χ4n) is 4.27. The number of primary amides is 1. The summed E-state index contributed by atoms with van der Waals surface area (Å²) in [7, 11) is 0. The summed E-state index contributed by atoms with van der Waals surface area (Å²) in [6, 6.07) is 17.6. The molecule has 0 saturated carbocycles. The molecular weight excluding hydrogens is 362 g/mol. The van der Waals surface area contributed by atoms with Crippen LogP contribution in [0.3, 0.4) is 0 Å². The third-order valence-electron chi connectivity index (χ3n) is 5.61. The van der Waals surface area contributed by atoms with E-state index in [2.05, 4.69) is 18.0 Å². The Kier molecular flexibility index (Phi) is 5.12. The number of rotatable bonds is 5. The molecule has 2 amide bonds. The van der Waals surface area contributed by atoms with Crippen LogP contribution >= 0.6 is 0 Å². The second-order valence-corrected chi connectivity index (χ2v) is 7.37. The molecule has 1 heterocycles. The van der Waals surface area contributed by atoms with Gasteiger partial charge in [-0.15, -0.1) is 0 Å². The summed E-state index contributed by atoms with van der Waals surface area (Å²) < 4.78 is 0. The number of carbonyl (C=O) groups is 2. The third kappa shape index (κ3) is 3.51. The summed E-state index contributed by atoms with van der Waals surface area (Å²) in [5.41, 5.74) is 10.5. The Hall–Kier alpha value is -3.47. The fourth-order valence-corrected chi connectivity index (χ4v) is 4.27. The highest BCUT2D eigenvalue weighted by Crippen LogP contribution is 2.42. The molecule has 0 fully saturated rings. The van der Waals surface area contributed by atoms with Crippen LogP contribution < -0.4 is 5.73 Å². The van der Waals surface area contributed by atoms with Crippen molar-refractivity contribution in [2.24, 2.45) is 5.73 Å². The van der Waals surface area contributed by atoms with Crippen molar-refractivity contribution in [3.05, 3.63) is 101 Å². The number of benzene rings is 2. The fraction of sp³-hybridized carbons (Fsp3) is 0.208. The Balaban J connectivity index is 1.86. The van der Waals surface area contributed by atoms with Crippen molar-refractivity contribution in [3.8, 4) is 0 Å². The minimum atomic E-state index is -0.895. The van der Waals surface area contributed by atoms with Crippen LogP contribution in [0, 0.1) is 6.92 Å². The predicted octanol–water partition coefficient (Wildman–Crippen LogP) is 3.75. The molecule has 0 radical (unpaired) electrons. The number of aryl methyl sites for hydroxylation is 1. The minimum absolute atomic E-state index is 0.211. The van der Waals surface area contributed by atoms with Crippen LogP contribution in [0.15, 0.2) is 73.1 Å². The Bertz CT molecular complexity index is 1030. The molecule has 29 heavy (non-hydrogen) atoms. The van der Waals surface area contributed by atoms with Crippen molar-refractivity contribution in [2.75, 3.05) is 0 Å². The van der Waals surface area contributed by atoms with E-state index in [1.807, 2.05) is 30.3 Å². The lowest BCUT2D eigenvalue weighted by Crippen LogP contribution is -2.43. The number of aromatic nitrogens is 1. The molecule has 4 rings (SSSR count). The molecule has 0 aliphatic heterocycles. The summed E-state index contributed by atoms with van der Waals surface area (Å²) >= 11 is 0. The van der Waals surface area contributed by atoms with Gasteiger partial charge in [0.1, 0.15) is 6.04 Å². The van der Waals surface area contributed by atoms with E-state index < -0.39 is 11.9 Å². The predicted molar refractivity (Wildman–Crippen MR) is 111 cm³/mol. The molecule has 0 spiro atoms. The number of hydrogen-bond donors (Lipinski definition) is 1. The highest BCUT2D eigenvalue weighted by atomic mass is 16.2. The number of amides is 2. The van der Waals surface area contributed by atoms with E-state index in [0.717, 1.165) is 18.4 Å². The maximum atomic E-state index is 13.6. The topological polar surface area (TPSA) is 76.3 Å². The van der Waals surface area contributed by atoms with Crippen LogP contribution in [0.5, 0.6) is 0 Å². The zero-order valence-electron chi connectivity index (χ0n) is 16.3. The van der Waals surface area contributed by atoms with E-state index in [9.17, 15) is 9.59 Å². The van der Waals surface area contributed by atoms with Crippen LogP contribution in [0.1, 0.15) is 51.1 Å². The molecule has 0 bridgehead atoms. The highest BCUT2D eigenvalue weighted by molar-refractivity contribution is 5.98. The quantitative estimate of drug-likeness (QED) is 0.727. The summed E-state index contributed by atoms with van der Waals surface area (Å²) in [5, 5.41) is 0. The lowest BCUT2D eigenvalue weighted by molar-refractivity contribution is -0.123. The van der Waals surface area contributed by atoms with Gasteiger partial charge in [-0.2, -0.15) is 0 Å². The molecule has 1 aliphatic rings. The van der Waals surface area contributed by atoms with Crippen LogP contribution in [0.4, 0.5) is 0 Å². The van der Waals surface area contributed by atoms with E-state index in [1.54, 1.807) is 41.6 Å². The van der Waals surface area contributed by atoms with Gasteiger partial charge in [0.05, 0.1) is 6.04 Å². The molecule has 1 aliphatic carbocycles. The van der Waals surface area contributed by atoms with Gasteiger partial charge in [-0.1, -0.05) is 42.5 Å². The van der Waals surface area contributed by atoms with Gasteiger partial charge in [0.15, 0.2) is 0 Å². The van der Waals surface area contributed by atoms with Gasteiger partial charge in [-0.25, -0.2) is 0 Å². The van der Waals surface area contributed by atoms with Crippen LogP contribution in [0.2, 0.25) is 0 Å². The zero-order valence-corrected chi connectivity index (χ0v) is 16.3. The molecule has 2 aromatic carbocycles. The molecule has 2 atom stereocenters. The molecule has 5 nitrogen and oxygen atoms in total. The van der Waals surface area contributed by atoms with Gasteiger partial charge in [0.25, 0.3) is 5.91 Å². The maximum absolute atomic E-state index is 13.6. The standard InChI is InChI=1S/C24H23N3O2/c1-16-7-5-11-20-19(16)12-13-21(20)27(24(29)17-8-3-2-4-9-17)22(23(25)28)18-10-6-14-26-15-18/h2-11,14-15,21-22H,12-13H2,1H3,(H2,25,28)/t21-,22-/m1/s1. The minimum Gasteiger partial charge on any atom is -0.368 e. The van der Waals surface area contributed by atoms with Crippen molar-refractivity contribution in [1.29, 1.82) is 0 Å². The van der Waals surface area contributed by atoms with E-state index in [4.69, 9.17) is 5.73 Å². The maximum Gasteiger partial charge on any atom is 0.255 e. The molecule has 3 aromatic rings. The number of pyridine rings is 1. The van der Waals surface area contributed by atoms with Gasteiger partial charge < -0.3 is 10.6 Å². The van der Waals surface area contributed by atoms with Crippen molar-refractivity contribution in [2.45, 2.75) is 31.8 Å². The second-order valence-electron chi connectivity index (χ2n) is 7.37. The lowest BCUT2D eigenvalue weighted by atomic mass is 9.98. The first-order chi connectivity index (χ1) is 14.1. The second kappa shape index (κ2) is 7.87. The number of carbonyl (C=O) groups excluding carboxylic acids is 2. The monoisotopic (exact) mass is 385 g/mol. The third-order valence-corrected chi connectivity index (χ3v) is 5.61. The SMILES string of the molecule is Cc1cccc2c1CC[C@H]2N(C(=O)c1ccccc1)[C@@H](C(N)=O)c1cccnc1. The first-order valence-corrected chi connectivity index (χ1v) is 9.73. The Morgan fingerprint density at radius 3 is 2.55 bits per heavy atom. The van der Waals surface area contributed by atoms with Crippen LogP contribution in [0.25, 0.3) is 0 Å². The molecular formula is C24H23N3O2. The molecule has 2 N–H and O–H groups in total. The van der Waals surface area contributed by atoms with E-state index in [0.29, 0.717) is 11.1 Å². The van der Waals surface area contributed by atoms with Gasteiger partial charge in [0, 0.05) is 23.5 Å². The number of nitrogens with two attached hydrogens (primary N) is 1. The number of nitrogens with zero attached hydrogens (tertiary/aromatic N) is 2. The highest BCUT2D eigenvalue weighted by Gasteiger charge is 2.39. The summed E-state index contributed by atoms with van der Waals surface area (Å²) in [6.45, 7) is 2.08. The Morgan fingerprint density at radius 2 is 1.86 bits per heavy atom. The van der Waals surface area contributed by atoms with Crippen molar-refractivity contribution < 1.29 is 9.59 Å². The largest absolute Gasteiger partial charge is 0.368 e. The summed E-state index contributed by atoms with van der Waals surface area (Å²) in [5.74, 6) is -0.777. The normalized spacial score (nSPS) is 16.1. The average Bonchev–Trinajstić information content (AvgIpc) is 3.17. The smallest absolute Gasteiger partial charge is 0.255 e. The van der Waals surface area contributed by atoms with Gasteiger partial charge in [0.2, 0.25) is 5.91 Å². The average molecular weight is 385 g/mol. The Morgan fingerprint density at radius 1 is 1.07 bits per heavy atom. The van der Waals surface area contributed by atoms with E-state index in [-0.39, 0.29) is 11.9 Å². The van der Waals surface area contributed by atoms with Crippen molar-refractivity contribution >= 4 is 11.8 Å². The van der Waals surface area contributed by atoms with Gasteiger partial charge >= 0.3 is 0 Å². The van der Waals surface area contributed by atoms with Gasteiger partial charge in [-0.05, 0) is 54.7 Å².